The Morgan fingerprint density at radius 2 is 2.16 bits per heavy atom. The molecule has 0 saturated heterocycles. The van der Waals surface area contributed by atoms with E-state index in [1.807, 2.05) is 18.2 Å². The summed E-state index contributed by atoms with van der Waals surface area (Å²) in [5, 5.41) is 4.61. The first-order valence-electron chi connectivity index (χ1n) is 5.51. The Morgan fingerprint density at radius 3 is 2.84 bits per heavy atom. The molecule has 19 heavy (non-hydrogen) atoms. The molecule has 7 heteroatoms. The summed E-state index contributed by atoms with van der Waals surface area (Å²) in [6, 6.07) is 5.52. The number of anilines is 2. The summed E-state index contributed by atoms with van der Waals surface area (Å²) >= 11 is 7.41. The largest absolute Gasteiger partial charge is 0.496 e. The first-order chi connectivity index (χ1) is 9.17. The summed E-state index contributed by atoms with van der Waals surface area (Å²) in [6.07, 6.45) is 0. The molecule has 0 radical (unpaired) electrons. The summed E-state index contributed by atoms with van der Waals surface area (Å²) in [5.74, 6) is 1.66. The van der Waals surface area contributed by atoms with Crippen molar-refractivity contribution in [1.29, 1.82) is 0 Å². The van der Waals surface area contributed by atoms with E-state index in [-0.39, 0.29) is 0 Å². The first kappa shape index (κ1) is 13.8. The number of methoxy groups -OCH3 is 2. The zero-order valence-corrected chi connectivity index (χ0v) is 12.1. The molecule has 0 bridgehead atoms. The highest BCUT2D eigenvalue weighted by molar-refractivity contribution is 7.11. The van der Waals surface area contributed by atoms with Crippen molar-refractivity contribution >= 4 is 34.0 Å². The van der Waals surface area contributed by atoms with E-state index in [2.05, 4.69) is 9.69 Å². The maximum atomic E-state index is 6.17. The number of ether oxygens (including phenoxy) is 2. The van der Waals surface area contributed by atoms with E-state index >= 15 is 0 Å². The van der Waals surface area contributed by atoms with Gasteiger partial charge in [-0.2, -0.15) is 4.37 Å². The average molecular weight is 300 g/mol. The number of hydrogen-bond donors (Lipinski definition) is 2. The van der Waals surface area contributed by atoms with Crippen molar-refractivity contribution < 1.29 is 9.47 Å². The molecule has 3 N–H and O–H groups in total. The van der Waals surface area contributed by atoms with Gasteiger partial charge in [0.25, 0.3) is 0 Å². The predicted molar refractivity (Wildman–Crippen MR) is 78.4 cm³/mol. The van der Waals surface area contributed by atoms with Crippen molar-refractivity contribution in [3.63, 3.8) is 0 Å². The van der Waals surface area contributed by atoms with Gasteiger partial charge in [-0.1, -0.05) is 17.7 Å². The number of nitrogens with one attached hydrogen (secondary N) is 1. The van der Waals surface area contributed by atoms with Crippen LogP contribution in [0.25, 0.3) is 0 Å². The van der Waals surface area contributed by atoms with Crippen LogP contribution in [0.5, 0.6) is 11.5 Å². The summed E-state index contributed by atoms with van der Waals surface area (Å²) in [6.45, 7) is 0.501. The fourth-order valence-electron chi connectivity index (χ4n) is 1.67. The second-order valence-corrected chi connectivity index (χ2v) is 4.88. The molecule has 1 heterocycles. The molecule has 0 atom stereocenters. The van der Waals surface area contributed by atoms with E-state index in [9.17, 15) is 0 Å². The normalized spacial score (nSPS) is 10.3. The predicted octanol–water partition coefficient (Wildman–Crippen LogP) is 3.01. The quantitative estimate of drug-likeness (QED) is 0.888. The standard InChI is InChI=1S/C12H14ClN3O2S/c1-17-9-5-3-4-8(13)7(9)6-15-12-10(18-2)11(14)16-19-12/h3-5,15H,6H2,1-2H3,(H2,14,16). The Hall–Kier alpha value is -1.66. The Balaban J connectivity index is 2.19. The molecule has 1 aromatic carbocycles. The van der Waals surface area contributed by atoms with E-state index in [1.54, 1.807) is 14.2 Å². The Bertz CT molecular complexity index is 574. The van der Waals surface area contributed by atoms with Gasteiger partial charge in [0.15, 0.2) is 16.6 Å². The molecule has 5 nitrogen and oxygen atoms in total. The number of nitrogen functional groups attached to an aromatic ring is 1. The summed E-state index contributed by atoms with van der Waals surface area (Å²) < 4.78 is 14.5. The van der Waals surface area contributed by atoms with E-state index < -0.39 is 0 Å². The van der Waals surface area contributed by atoms with Gasteiger partial charge in [-0.3, -0.25) is 0 Å². The highest BCUT2D eigenvalue weighted by Gasteiger charge is 2.13. The van der Waals surface area contributed by atoms with Gasteiger partial charge in [-0.15, -0.1) is 0 Å². The van der Waals surface area contributed by atoms with Crippen LogP contribution in [0.2, 0.25) is 5.02 Å². The molecule has 0 spiro atoms. The third kappa shape index (κ3) is 2.85. The Labute approximate surface area is 120 Å². The number of halogens is 1. The zero-order chi connectivity index (χ0) is 13.8. The average Bonchev–Trinajstić information content (AvgIpc) is 2.77. The minimum atomic E-state index is 0.376. The van der Waals surface area contributed by atoms with Crippen molar-refractivity contribution in [3.05, 3.63) is 28.8 Å². The molecule has 1 aromatic heterocycles. The molecule has 0 amide bonds. The van der Waals surface area contributed by atoms with Gasteiger partial charge in [-0.05, 0) is 23.7 Å². The first-order valence-corrected chi connectivity index (χ1v) is 6.67. The molecule has 0 aliphatic heterocycles. The minimum Gasteiger partial charge on any atom is -0.496 e. The Kier molecular flexibility index (Phi) is 4.34. The van der Waals surface area contributed by atoms with Gasteiger partial charge in [0.1, 0.15) is 5.75 Å². The van der Waals surface area contributed by atoms with E-state index in [0.717, 1.165) is 16.3 Å². The second-order valence-electron chi connectivity index (χ2n) is 3.70. The second kappa shape index (κ2) is 5.99. The van der Waals surface area contributed by atoms with E-state index in [1.165, 1.54) is 11.5 Å². The fourth-order valence-corrected chi connectivity index (χ4v) is 2.59. The smallest absolute Gasteiger partial charge is 0.197 e. The molecular formula is C12H14ClN3O2S. The lowest BCUT2D eigenvalue weighted by atomic mass is 10.2. The van der Waals surface area contributed by atoms with Crippen LogP contribution in [-0.2, 0) is 6.54 Å². The fraction of sp³-hybridized carbons (Fsp3) is 0.250. The van der Waals surface area contributed by atoms with Crippen LogP contribution < -0.4 is 20.5 Å². The molecular weight excluding hydrogens is 286 g/mol. The van der Waals surface area contributed by atoms with Gasteiger partial charge in [0.2, 0.25) is 0 Å². The van der Waals surface area contributed by atoms with Crippen molar-refractivity contribution in [2.24, 2.45) is 0 Å². The third-order valence-corrected chi connectivity index (χ3v) is 3.75. The number of nitrogens with two attached hydrogens (primary N) is 1. The lowest BCUT2D eigenvalue weighted by molar-refractivity contribution is 0.410. The van der Waals surface area contributed by atoms with Crippen LogP contribution in [0, 0.1) is 0 Å². The lowest BCUT2D eigenvalue weighted by Crippen LogP contribution is -2.02. The van der Waals surface area contributed by atoms with Crippen LogP contribution in [-0.4, -0.2) is 18.6 Å². The van der Waals surface area contributed by atoms with Gasteiger partial charge >= 0.3 is 0 Å². The number of rotatable bonds is 5. The van der Waals surface area contributed by atoms with E-state index in [0.29, 0.717) is 23.1 Å². The monoisotopic (exact) mass is 299 g/mol. The topological polar surface area (TPSA) is 69.4 Å². The molecule has 0 unspecified atom stereocenters. The number of nitrogens with zero attached hydrogens (tertiary/aromatic N) is 1. The SMILES string of the molecule is COc1cccc(Cl)c1CNc1snc(N)c1OC. The molecule has 0 aliphatic rings. The van der Waals surface area contributed by atoms with Crippen molar-refractivity contribution in [3.8, 4) is 11.5 Å². The van der Waals surface area contributed by atoms with Crippen LogP contribution in [0.4, 0.5) is 10.8 Å². The van der Waals surface area contributed by atoms with Crippen molar-refractivity contribution in [1.82, 2.24) is 4.37 Å². The highest BCUT2D eigenvalue weighted by atomic mass is 35.5. The summed E-state index contributed by atoms with van der Waals surface area (Å²) in [7, 11) is 3.17. The zero-order valence-electron chi connectivity index (χ0n) is 10.6. The highest BCUT2D eigenvalue weighted by Crippen LogP contribution is 2.36. The summed E-state index contributed by atoms with van der Waals surface area (Å²) in [5.41, 5.74) is 6.57. The van der Waals surface area contributed by atoms with Crippen molar-refractivity contribution in [2.45, 2.75) is 6.54 Å². The van der Waals surface area contributed by atoms with Gasteiger partial charge in [-0.25, -0.2) is 0 Å². The molecule has 102 valence electrons. The number of hydrogen-bond acceptors (Lipinski definition) is 6. The third-order valence-electron chi connectivity index (χ3n) is 2.60. The molecule has 0 aliphatic carbocycles. The number of benzene rings is 1. The molecule has 0 saturated carbocycles. The molecule has 2 aromatic rings. The van der Waals surface area contributed by atoms with Crippen LogP contribution in [0.15, 0.2) is 18.2 Å². The maximum absolute atomic E-state index is 6.17. The van der Waals surface area contributed by atoms with Crippen molar-refractivity contribution in [2.75, 3.05) is 25.3 Å². The van der Waals surface area contributed by atoms with Gasteiger partial charge in [0, 0.05) is 17.1 Å². The Morgan fingerprint density at radius 1 is 1.37 bits per heavy atom. The summed E-state index contributed by atoms with van der Waals surface area (Å²) in [4.78, 5) is 0. The molecule has 0 fully saturated rings. The van der Waals surface area contributed by atoms with E-state index in [4.69, 9.17) is 26.8 Å². The van der Waals surface area contributed by atoms with Gasteiger partial charge in [0.05, 0.1) is 14.2 Å². The lowest BCUT2D eigenvalue weighted by Gasteiger charge is -2.11. The van der Waals surface area contributed by atoms with Crippen LogP contribution >= 0.6 is 23.1 Å². The minimum absolute atomic E-state index is 0.376. The van der Waals surface area contributed by atoms with Gasteiger partial charge < -0.3 is 20.5 Å². The maximum Gasteiger partial charge on any atom is 0.197 e. The van der Waals surface area contributed by atoms with Crippen LogP contribution in [0.3, 0.4) is 0 Å². The number of aromatic nitrogens is 1. The van der Waals surface area contributed by atoms with Crippen LogP contribution in [0.1, 0.15) is 5.56 Å². The molecule has 2 rings (SSSR count).